The highest BCUT2D eigenvalue weighted by molar-refractivity contribution is 6.05. The number of aromatic nitrogens is 2. The lowest BCUT2D eigenvalue weighted by Crippen LogP contribution is -2.11. The minimum Gasteiger partial charge on any atom is -0.490 e. The van der Waals surface area contributed by atoms with Crippen molar-refractivity contribution in [1.82, 2.24) is 10.2 Å². The number of nitrogens with one attached hydrogen (secondary N) is 2. The Bertz CT molecular complexity index is 1610. The topological polar surface area (TPSA) is 119 Å². The molecule has 9 nitrogen and oxygen atoms in total. The van der Waals surface area contributed by atoms with Crippen LogP contribution in [0, 0.1) is 10.1 Å². The predicted molar refractivity (Wildman–Crippen MR) is 142 cm³/mol. The molecule has 0 aliphatic rings. The SMILES string of the molecule is COc1ccc(-c2nnc(Nc3ccc(C(=O)Nc4ccccc4)cc3)c3ccccc23)cc1[N+](=O)[O-]. The number of anilines is 3. The molecule has 0 aliphatic heterocycles. The third-order valence-corrected chi connectivity index (χ3v) is 5.78. The molecule has 4 aromatic carbocycles. The number of para-hydroxylation sites is 1. The summed E-state index contributed by atoms with van der Waals surface area (Å²) in [6, 6.07) is 28.5. The van der Waals surface area contributed by atoms with Gasteiger partial charge in [-0.05, 0) is 48.5 Å². The van der Waals surface area contributed by atoms with Crippen LogP contribution in [-0.2, 0) is 0 Å². The predicted octanol–water partition coefficient (Wildman–Crippen LogP) is 6.21. The zero-order valence-corrected chi connectivity index (χ0v) is 19.7. The number of nitrogens with zero attached hydrogens (tertiary/aromatic N) is 3. The van der Waals surface area contributed by atoms with Gasteiger partial charge in [-0.15, -0.1) is 10.2 Å². The molecule has 9 heteroatoms. The molecular weight excluding hydrogens is 470 g/mol. The second-order valence-corrected chi connectivity index (χ2v) is 8.11. The Hall–Kier alpha value is -5.31. The van der Waals surface area contributed by atoms with Crippen molar-refractivity contribution in [3.63, 3.8) is 0 Å². The van der Waals surface area contributed by atoms with Crippen LogP contribution in [0.5, 0.6) is 5.75 Å². The lowest BCUT2D eigenvalue weighted by molar-refractivity contribution is -0.385. The minimum atomic E-state index is -0.488. The van der Waals surface area contributed by atoms with Gasteiger partial charge in [-0.25, -0.2) is 0 Å². The fourth-order valence-electron chi connectivity index (χ4n) is 3.96. The highest BCUT2D eigenvalue weighted by Gasteiger charge is 2.19. The number of fused-ring (bicyclic) bond motifs is 1. The van der Waals surface area contributed by atoms with Crippen LogP contribution in [0.25, 0.3) is 22.0 Å². The lowest BCUT2D eigenvalue weighted by Gasteiger charge is -2.12. The minimum absolute atomic E-state index is 0.149. The summed E-state index contributed by atoms with van der Waals surface area (Å²) in [5.41, 5.74) is 2.88. The number of ether oxygens (including phenoxy) is 1. The van der Waals surface area contributed by atoms with Gasteiger partial charge in [0.25, 0.3) is 5.91 Å². The maximum absolute atomic E-state index is 12.5. The molecule has 37 heavy (non-hydrogen) atoms. The van der Waals surface area contributed by atoms with E-state index in [9.17, 15) is 14.9 Å². The molecule has 0 unspecified atom stereocenters. The average Bonchev–Trinajstić information content (AvgIpc) is 2.94. The molecule has 0 bridgehead atoms. The third-order valence-electron chi connectivity index (χ3n) is 5.78. The molecule has 2 N–H and O–H groups in total. The first-order valence-corrected chi connectivity index (χ1v) is 11.3. The van der Waals surface area contributed by atoms with Crippen molar-refractivity contribution < 1.29 is 14.5 Å². The molecule has 0 atom stereocenters. The van der Waals surface area contributed by atoms with E-state index >= 15 is 0 Å². The second-order valence-electron chi connectivity index (χ2n) is 8.11. The normalized spacial score (nSPS) is 10.6. The molecule has 0 spiro atoms. The summed E-state index contributed by atoms with van der Waals surface area (Å²) in [6.07, 6.45) is 0. The summed E-state index contributed by atoms with van der Waals surface area (Å²) < 4.78 is 5.11. The fraction of sp³-hybridized carbons (Fsp3) is 0.0357. The summed E-state index contributed by atoms with van der Waals surface area (Å²) in [5, 5.41) is 27.9. The molecule has 0 saturated carbocycles. The van der Waals surface area contributed by atoms with E-state index < -0.39 is 4.92 Å². The Labute approximate surface area is 211 Å². The van der Waals surface area contributed by atoms with Crippen molar-refractivity contribution >= 4 is 39.6 Å². The van der Waals surface area contributed by atoms with Crippen LogP contribution in [0.15, 0.2) is 97.1 Å². The Morgan fingerprint density at radius 3 is 2.24 bits per heavy atom. The number of rotatable bonds is 7. The van der Waals surface area contributed by atoms with E-state index in [0.717, 1.165) is 22.1 Å². The molecule has 5 rings (SSSR count). The lowest BCUT2D eigenvalue weighted by atomic mass is 10.0. The summed E-state index contributed by atoms with van der Waals surface area (Å²) in [4.78, 5) is 23.5. The van der Waals surface area contributed by atoms with Crippen LogP contribution in [0.4, 0.5) is 22.9 Å². The molecule has 1 amide bonds. The van der Waals surface area contributed by atoms with E-state index in [-0.39, 0.29) is 17.3 Å². The van der Waals surface area contributed by atoms with Crippen molar-refractivity contribution in [2.45, 2.75) is 0 Å². The summed E-state index contributed by atoms with van der Waals surface area (Å²) >= 11 is 0. The van der Waals surface area contributed by atoms with E-state index in [1.54, 1.807) is 36.4 Å². The Kier molecular flexibility index (Phi) is 6.41. The smallest absolute Gasteiger partial charge is 0.311 e. The molecule has 1 heterocycles. The van der Waals surface area contributed by atoms with Gasteiger partial charge in [0, 0.05) is 39.3 Å². The van der Waals surface area contributed by atoms with Gasteiger partial charge in [-0.3, -0.25) is 14.9 Å². The molecule has 0 saturated heterocycles. The zero-order valence-electron chi connectivity index (χ0n) is 19.7. The monoisotopic (exact) mass is 491 g/mol. The number of benzene rings is 4. The molecule has 0 fully saturated rings. The number of methoxy groups -OCH3 is 1. The van der Waals surface area contributed by atoms with E-state index in [4.69, 9.17) is 4.74 Å². The number of carbonyl (C=O) groups is 1. The molecule has 182 valence electrons. The van der Waals surface area contributed by atoms with Crippen LogP contribution in [-0.4, -0.2) is 28.1 Å². The highest BCUT2D eigenvalue weighted by Crippen LogP contribution is 2.35. The van der Waals surface area contributed by atoms with Crippen molar-refractivity contribution in [1.29, 1.82) is 0 Å². The fourth-order valence-corrected chi connectivity index (χ4v) is 3.96. The number of nitro groups is 1. The second kappa shape index (κ2) is 10.1. The quantitative estimate of drug-likeness (QED) is 0.205. The summed E-state index contributed by atoms with van der Waals surface area (Å²) in [5.74, 6) is 0.481. The van der Waals surface area contributed by atoms with Gasteiger partial charge in [-0.2, -0.15) is 0 Å². The molecule has 1 aromatic heterocycles. The van der Waals surface area contributed by atoms with Crippen LogP contribution >= 0.6 is 0 Å². The standard InChI is InChI=1S/C28H21N5O4/c1-37-25-16-13-19(17-24(25)33(35)36)26-22-9-5-6-10-23(22)27(32-31-26)29-21-14-11-18(12-15-21)28(34)30-20-7-3-2-4-8-20/h2-17H,1H3,(H,29,32)(H,30,34). The van der Waals surface area contributed by atoms with E-state index in [1.807, 2.05) is 54.6 Å². The molecule has 5 aromatic rings. The van der Waals surface area contributed by atoms with Crippen LogP contribution in [0.1, 0.15) is 10.4 Å². The first kappa shape index (κ1) is 23.4. The van der Waals surface area contributed by atoms with Gasteiger partial charge >= 0.3 is 5.69 Å². The number of hydrogen-bond donors (Lipinski definition) is 2. The first-order valence-electron chi connectivity index (χ1n) is 11.3. The van der Waals surface area contributed by atoms with Crippen molar-refractivity contribution in [2.75, 3.05) is 17.7 Å². The molecule has 0 aliphatic carbocycles. The van der Waals surface area contributed by atoms with Gasteiger partial charge < -0.3 is 15.4 Å². The van der Waals surface area contributed by atoms with Crippen LogP contribution < -0.4 is 15.4 Å². The van der Waals surface area contributed by atoms with Gasteiger partial charge in [0.05, 0.1) is 12.0 Å². The Morgan fingerprint density at radius 1 is 0.838 bits per heavy atom. The third kappa shape index (κ3) is 4.92. The van der Waals surface area contributed by atoms with Gasteiger partial charge in [0.1, 0.15) is 5.69 Å². The zero-order chi connectivity index (χ0) is 25.8. The number of carbonyl (C=O) groups excluding carboxylic acids is 1. The number of nitro benzene ring substituents is 1. The average molecular weight is 492 g/mol. The van der Waals surface area contributed by atoms with Crippen LogP contribution in [0.3, 0.4) is 0 Å². The van der Waals surface area contributed by atoms with Crippen molar-refractivity contribution in [2.24, 2.45) is 0 Å². The van der Waals surface area contributed by atoms with E-state index in [2.05, 4.69) is 20.8 Å². The largest absolute Gasteiger partial charge is 0.490 e. The van der Waals surface area contributed by atoms with E-state index in [0.29, 0.717) is 22.6 Å². The maximum Gasteiger partial charge on any atom is 0.311 e. The van der Waals surface area contributed by atoms with Crippen LogP contribution in [0.2, 0.25) is 0 Å². The van der Waals surface area contributed by atoms with Gasteiger partial charge in [0.2, 0.25) is 0 Å². The maximum atomic E-state index is 12.5. The van der Waals surface area contributed by atoms with Crippen molar-refractivity contribution in [3.8, 4) is 17.0 Å². The number of amides is 1. The molecular formula is C28H21N5O4. The Morgan fingerprint density at radius 2 is 1.54 bits per heavy atom. The van der Waals surface area contributed by atoms with Crippen molar-refractivity contribution in [3.05, 3.63) is 113 Å². The van der Waals surface area contributed by atoms with Gasteiger partial charge in [-0.1, -0.05) is 42.5 Å². The summed E-state index contributed by atoms with van der Waals surface area (Å²) in [6.45, 7) is 0. The van der Waals surface area contributed by atoms with E-state index in [1.165, 1.54) is 13.2 Å². The summed E-state index contributed by atoms with van der Waals surface area (Å²) in [7, 11) is 1.39. The highest BCUT2D eigenvalue weighted by atomic mass is 16.6. The molecule has 0 radical (unpaired) electrons. The first-order chi connectivity index (χ1) is 18.0. The Balaban J connectivity index is 1.43. The van der Waals surface area contributed by atoms with Gasteiger partial charge in [0.15, 0.2) is 11.6 Å². The number of hydrogen-bond acceptors (Lipinski definition) is 7.